The normalized spacial score (nSPS) is 15.4. The van der Waals surface area contributed by atoms with Gasteiger partial charge in [-0.2, -0.15) is 0 Å². The first-order valence-electron chi connectivity index (χ1n) is 11.1. The highest BCUT2D eigenvalue weighted by Gasteiger charge is 2.26. The van der Waals surface area contributed by atoms with Gasteiger partial charge in [-0.05, 0) is 61.6 Å². The van der Waals surface area contributed by atoms with Crippen molar-refractivity contribution in [1.82, 2.24) is 0 Å². The molecule has 1 aromatic rings. The topological polar surface area (TPSA) is 111 Å². The Morgan fingerprint density at radius 3 is 2.32 bits per heavy atom. The first-order valence-corrected chi connectivity index (χ1v) is 11.1. The molecule has 0 bridgehead atoms. The summed E-state index contributed by atoms with van der Waals surface area (Å²) in [5.74, 6) is 0.484. The van der Waals surface area contributed by atoms with Crippen molar-refractivity contribution in [2.45, 2.75) is 65.0 Å². The predicted octanol–water partition coefficient (Wildman–Crippen LogP) is 3.50. The molecule has 4 N–H and O–H groups in total. The Balaban J connectivity index is 2.78. The summed E-state index contributed by atoms with van der Waals surface area (Å²) in [6, 6.07) is 5.49. The quantitative estimate of drug-likeness (QED) is 0.338. The van der Waals surface area contributed by atoms with Gasteiger partial charge in [0, 0.05) is 19.8 Å². The molecular formula is C24H41NO6. The number of hydrogen-bond acceptors (Lipinski definition) is 6. The van der Waals surface area contributed by atoms with Gasteiger partial charge in [0.2, 0.25) is 0 Å². The number of aliphatic carboxylic acids is 1. The van der Waals surface area contributed by atoms with E-state index in [1.807, 2.05) is 18.2 Å². The molecule has 0 heterocycles. The van der Waals surface area contributed by atoms with Crippen molar-refractivity contribution < 1.29 is 29.2 Å². The summed E-state index contributed by atoms with van der Waals surface area (Å²) in [7, 11) is 3.32. The fraction of sp³-hybridized carbons (Fsp3) is 0.708. The van der Waals surface area contributed by atoms with Crippen LogP contribution in [0.2, 0.25) is 0 Å². The van der Waals surface area contributed by atoms with E-state index in [0.29, 0.717) is 31.3 Å². The zero-order valence-electron chi connectivity index (χ0n) is 19.7. The number of aliphatic hydroxyl groups excluding tert-OH is 1. The lowest BCUT2D eigenvalue weighted by atomic mass is 9.82. The molecule has 0 spiro atoms. The van der Waals surface area contributed by atoms with Crippen LogP contribution in [0.4, 0.5) is 0 Å². The minimum atomic E-state index is -0.917. The summed E-state index contributed by atoms with van der Waals surface area (Å²) in [5.41, 5.74) is 7.36. The second-order valence-electron chi connectivity index (χ2n) is 8.68. The third-order valence-electron chi connectivity index (χ3n) is 5.75. The van der Waals surface area contributed by atoms with E-state index in [4.69, 9.17) is 25.1 Å². The molecule has 31 heavy (non-hydrogen) atoms. The number of rotatable bonds is 16. The molecule has 0 amide bonds. The van der Waals surface area contributed by atoms with Crippen molar-refractivity contribution in [2.75, 3.05) is 27.4 Å². The Hall–Kier alpha value is -1.83. The monoisotopic (exact) mass is 439 g/mol. The van der Waals surface area contributed by atoms with Crippen LogP contribution in [0, 0.1) is 17.8 Å². The minimum absolute atomic E-state index is 0.158. The first kappa shape index (κ1) is 27.2. The average Bonchev–Trinajstić information content (AvgIpc) is 2.72. The lowest BCUT2D eigenvalue weighted by molar-refractivity contribution is -0.142. The van der Waals surface area contributed by atoms with Gasteiger partial charge in [0.05, 0.1) is 25.7 Å². The highest BCUT2D eigenvalue weighted by Crippen LogP contribution is 2.31. The molecule has 0 aliphatic rings. The van der Waals surface area contributed by atoms with Crippen molar-refractivity contribution in [3.63, 3.8) is 0 Å². The molecule has 7 nitrogen and oxygen atoms in total. The van der Waals surface area contributed by atoms with Gasteiger partial charge in [0.1, 0.15) is 0 Å². The zero-order chi connectivity index (χ0) is 23.4. The van der Waals surface area contributed by atoms with E-state index in [1.165, 1.54) is 0 Å². The third kappa shape index (κ3) is 9.89. The maximum Gasteiger partial charge on any atom is 0.306 e. The lowest BCUT2D eigenvalue weighted by Gasteiger charge is -2.28. The van der Waals surface area contributed by atoms with E-state index in [-0.39, 0.29) is 12.3 Å². The predicted molar refractivity (Wildman–Crippen MR) is 122 cm³/mol. The Morgan fingerprint density at radius 2 is 1.74 bits per heavy atom. The van der Waals surface area contributed by atoms with Crippen LogP contribution in [0.1, 0.15) is 52.0 Å². The minimum Gasteiger partial charge on any atom is -0.493 e. The zero-order valence-corrected chi connectivity index (χ0v) is 19.7. The van der Waals surface area contributed by atoms with E-state index >= 15 is 0 Å². The molecule has 1 rings (SSSR count). The maximum atomic E-state index is 11.1. The summed E-state index contributed by atoms with van der Waals surface area (Å²) in [4.78, 5) is 11.1. The second-order valence-corrected chi connectivity index (χ2v) is 8.68. The highest BCUT2D eigenvalue weighted by atomic mass is 16.5. The molecule has 0 saturated heterocycles. The number of benzene rings is 1. The number of aliphatic hydroxyl groups is 1. The standard InChI is InChI=1S/C24H41NO6/c1-16(2)19(15-20(25)21(26)12-17(3)24(27)28)13-18-8-9-22(30-5)23(14-18)31-11-7-6-10-29-4/h8-9,14,16-17,19-21,26H,6-7,10-13,15,25H2,1-5H3,(H,27,28)/t17-,19+,20+,21+/m1/s1. The fourth-order valence-electron chi connectivity index (χ4n) is 3.53. The smallest absolute Gasteiger partial charge is 0.306 e. The first-order chi connectivity index (χ1) is 14.7. The molecule has 0 aliphatic heterocycles. The van der Waals surface area contributed by atoms with Crippen LogP contribution < -0.4 is 15.2 Å². The van der Waals surface area contributed by atoms with Gasteiger partial charge in [0.25, 0.3) is 0 Å². The van der Waals surface area contributed by atoms with Gasteiger partial charge in [-0.15, -0.1) is 0 Å². The van der Waals surface area contributed by atoms with E-state index < -0.39 is 24.0 Å². The van der Waals surface area contributed by atoms with E-state index in [2.05, 4.69) is 13.8 Å². The van der Waals surface area contributed by atoms with Crippen molar-refractivity contribution in [2.24, 2.45) is 23.5 Å². The molecule has 0 radical (unpaired) electrons. The Morgan fingerprint density at radius 1 is 1.06 bits per heavy atom. The number of nitrogens with two attached hydrogens (primary N) is 1. The number of methoxy groups -OCH3 is 2. The van der Waals surface area contributed by atoms with Crippen LogP contribution in [-0.2, 0) is 16.0 Å². The van der Waals surface area contributed by atoms with Crippen LogP contribution in [0.3, 0.4) is 0 Å². The molecule has 4 atom stereocenters. The van der Waals surface area contributed by atoms with Gasteiger partial charge < -0.3 is 30.2 Å². The number of hydrogen-bond donors (Lipinski definition) is 3. The molecule has 0 fully saturated rings. The Labute approximate surface area is 186 Å². The summed E-state index contributed by atoms with van der Waals surface area (Å²) in [6.45, 7) is 7.18. The maximum absolute atomic E-state index is 11.1. The van der Waals surface area contributed by atoms with Crippen LogP contribution in [0.15, 0.2) is 18.2 Å². The molecule has 1 aromatic carbocycles. The van der Waals surface area contributed by atoms with E-state index in [0.717, 1.165) is 30.6 Å². The van der Waals surface area contributed by atoms with Crippen LogP contribution in [0.5, 0.6) is 11.5 Å². The SMILES string of the molecule is COCCCCOc1cc(C[C@@H](C[C@H](N)[C@@H](O)C[C@@H](C)C(=O)O)C(C)C)ccc1OC. The number of ether oxygens (including phenoxy) is 3. The van der Waals surface area contributed by atoms with Crippen LogP contribution in [-0.4, -0.2) is 55.8 Å². The third-order valence-corrected chi connectivity index (χ3v) is 5.75. The lowest BCUT2D eigenvalue weighted by Crippen LogP contribution is -2.39. The van der Waals surface area contributed by atoms with Gasteiger partial charge in [-0.1, -0.05) is 26.8 Å². The van der Waals surface area contributed by atoms with Crippen LogP contribution >= 0.6 is 0 Å². The summed E-state index contributed by atoms with van der Waals surface area (Å²) in [5, 5.41) is 19.4. The summed E-state index contributed by atoms with van der Waals surface area (Å²) < 4.78 is 16.4. The fourth-order valence-corrected chi connectivity index (χ4v) is 3.53. The second kappa shape index (κ2) is 14.3. The van der Waals surface area contributed by atoms with Gasteiger partial charge in [-0.3, -0.25) is 4.79 Å². The van der Waals surface area contributed by atoms with Crippen molar-refractivity contribution in [3.8, 4) is 11.5 Å². The number of carboxylic acids is 1. The molecule has 0 unspecified atom stereocenters. The van der Waals surface area contributed by atoms with Gasteiger partial charge >= 0.3 is 5.97 Å². The van der Waals surface area contributed by atoms with Crippen molar-refractivity contribution in [1.29, 1.82) is 0 Å². The largest absolute Gasteiger partial charge is 0.493 e. The molecule has 178 valence electrons. The summed E-state index contributed by atoms with van der Waals surface area (Å²) in [6.07, 6.45) is 2.56. The summed E-state index contributed by atoms with van der Waals surface area (Å²) >= 11 is 0. The molecule has 0 aliphatic carbocycles. The van der Waals surface area contributed by atoms with Gasteiger partial charge in [0.15, 0.2) is 11.5 Å². The van der Waals surface area contributed by atoms with E-state index in [9.17, 15) is 9.90 Å². The Kier molecular flexibility index (Phi) is 12.5. The number of carboxylic acid groups (broad SMARTS) is 1. The highest BCUT2D eigenvalue weighted by molar-refractivity contribution is 5.69. The molecular weight excluding hydrogens is 398 g/mol. The Bertz CT molecular complexity index is 651. The molecule has 0 aromatic heterocycles. The van der Waals surface area contributed by atoms with Crippen molar-refractivity contribution >= 4 is 5.97 Å². The molecule has 7 heteroatoms. The van der Waals surface area contributed by atoms with Crippen molar-refractivity contribution in [3.05, 3.63) is 23.8 Å². The van der Waals surface area contributed by atoms with Crippen LogP contribution in [0.25, 0.3) is 0 Å². The average molecular weight is 440 g/mol. The number of unbranched alkanes of at least 4 members (excludes halogenated alkanes) is 1. The van der Waals surface area contributed by atoms with Gasteiger partial charge in [-0.25, -0.2) is 0 Å². The number of carbonyl (C=O) groups is 1. The molecule has 0 saturated carbocycles. The van der Waals surface area contributed by atoms with E-state index in [1.54, 1.807) is 21.1 Å².